The van der Waals surface area contributed by atoms with Gasteiger partial charge in [-0.3, -0.25) is 0 Å². The molecule has 0 amide bonds. The molecule has 1 N–H and O–H groups in total. The summed E-state index contributed by atoms with van der Waals surface area (Å²) in [6.07, 6.45) is 10.1. The molecule has 1 nitrogen and oxygen atoms in total. The molecule has 0 spiro atoms. The first-order valence-corrected chi connectivity index (χ1v) is 6.39. The molecule has 0 radical (unpaired) electrons. The van der Waals surface area contributed by atoms with E-state index in [0.29, 0.717) is 5.41 Å². The highest BCUT2D eigenvalue weighted by Gasteiger charge is 2.26. The lowest BCUT2D eigenvalue weighted by atomic mass is 9.85. The number of nitrogens with one attached hydrogen (secondary N) is 1. The molecule has 2 aliphatic carbocycles. The summed E-state index contributed by atoms with van der Waals surface area (Å²) in [7, 11) is 0. The quantitative estimate of drug-likeness (QED) is 0.681. The number of hydrogen-bond acceptors (Lipinski definition) is 1. The molecule has 2 rings (SSSR count). The maximum atomic E-state index is 3.68. The third kappa shape index (κ3) is 3.27. The average Bonchev–Trinajstić information content (AvgIpc) is 2.90. The predicted octanol–water partition coefficient (Wildman–Crippen LogP) is 3.34. The highest BCUT2D eigenvalue weighted by atomic mass is 14.9. The summed E-state index contributed by atoms with van der Waals surface area (Å²) in [4.78, 5) is 0. The molecule has 0 heterocycles. The Hall–Kier alpha value is -0.0400. The first-order chi connectivity index (χ1) is 6.66. The predicted molar refractivity (Wildman–Crippen MR) is 61.4 cm³/mol. The van der Waals surface area contributed by atoms with Crippen molar-refractivity contribution in [3.05, 3.63) is 0 Å². The molecule has 0 bridgehead atoms. The molecule has 1 atom stereocenters. The maximum Gasteiger partial charge on any atom is 0.00683 e. The minimum Gasteiger partial charge on any atom is -0.314 e. The minimum absolute atomic E-state index is 0.619. The topological polar surface area (TPSA) is 12.0 Å². The zero-order chi connectivity index (χ0) is 10.0. The van der Waals surface area contributed by atoms with Gasteiger partial charge in [0.05, 0.1) is 0 Å². The molecule has 1 heteroatoms. The van der Waals surface area contributed by atoms with Gasteiger partial charge in [-0.1, -0.05) is 20.3 Å². The van der Waals surface area contributed by atoms with Gasteiger partial charge in [-0.15, -0.1) is 0 Å². The second-order valence-corrected chi connectivity index (χ2v) is 6.14. The van der Waals surface area contributed by atoms with Crippen LogP contribution < -0.4 is 5.32 Å². The first kappa shape index (κ1) is 10.5. The fourth-order valence-corrected chi connectivity index (χ4v) is 2.56. The molecule has 2 aliphatic rings. The van der Waals surface area contributed by atoms with Crippen LogP contribution in [-0.2, 0) is 0 Å². The summed E-state index contributed by atoms with van der Waals surface area (Å²) in [6.45, 7) is 6.16. The van der Waals surface area contributed by atoms with Crippen LogP contribution in [0.5, 0.6) is 0 Å². The van der Waals surface area contributed by atoms with Gasteiger partial charge in [-0.2, -0.15) is 0 Å². The van der Waals surface area contributed by atoms with E-state index in [0.717, 1.165) is 12.0 Å². The van der Waals surface area contributed by atoms with Crippen molar-refractivity contribution in [2.45, 2.75) is 64.8 Å². The van der Waals surface area contributed by atoms with Crippen molar-refractivity contribution in [1.29, 1.82) is 0 Å². The van der Waals surface area contributed by atoms with Crippen LogP contribution in [0.15, 0.2) is 0 Å². The average molecular weight is 195 g/mol. The van der Waals surface area contributed by atoms with E-state index in [-0.39, 0.29) is 0 Å². The highest BCUT2D eigenvalue weighted by Crippen LogP contribution is 2.36. The van der Waals surface area contributed by atoms with E-state index in [2.05, 4.69) is 19.2 Å². The Morgan fingerprint density at radius 1 is 1.07 bits per heavy atom. The lowest BCUT2D eigenvalue weighted by molar-refractivity contribution is 0.306. The molecule has 0 aliphatic heterocycles. The summed E-state index contributed by atoms with van der Waals surface area (Å²) in [5, 5.41) is 3.68. The third-order valence-electron chi connectivity index (χ3n) is 3.97. The van der Waals surface area contributed by atoms with Crippen molar-refractivity contribution < 1.29 is 0 Å². The third-order valence-corrected chi connectivity index (χ3v) is 3.97. The Balaban J connectivity index is 1.71. The molecule has 14 heavy (non-hydrogen) atoms. The zero-order valence-electron chi connectivity index (χ0n) is 9.81. The van der Waals surface area contributed by atoms with E-state index in [1.807, 2.05) is 0 Å². The van der Waals surface area contributed by atoms with Crippen molar-refractivity contribution >= 4 is 0 Å². The first-order valence-electron chi connectivity index (χ1n) is 6.39. The lowest BCUT2D eigenvalue weighted by Gasteiger charge is -2.22. The van der Waals surface area contributed by atoms with Crippen molar-refractivity contribution in [3.63, 3.8) is 0 Å². The monoisotopic (exact) mass is 195 g/mol. The van der Waals surface area contributed by atoms with Crippen LogP contribution in [0.2, 0.25) is 0 Å². The SMILES string of the molecule is CC1(C)CCCC(CNC2CC2)CC1. The molecule has 1 unspecified atom stereocenters. The van der Waals surface area contributed by atoms with Crippen LogP contribution in [0, 0.1) is 11.3 Å². The van der Waals surface area contributed by atoms with Crippen LogP contribution >= 0.6 is 0 Å². The van der Waals surface area contributed by atoms with Gasteiger partial charge in [0.1, 0.15) is 0 Å². The second-order valence-electron chi connectivity index (χ2n) is 6.14. The standard InChI is InChI=1S/C13H25N/c1-13(2)8-3-4-11(7-9-13)10-14-12-5-6-12/h11-12,14H,3-10H2,1-2H3. The summed E-state index contributed by atoms with van der Waals surface area (Å²) in [5.74, 6) is 0.970. The molecule has 0 aromatic rings. The van der Waals surface area contributed by atoms with Crippen LogP contribution in [-0.4, -0.2) is 12.6 Å². The van der Waals surface area contributed by atoms with Gasteiger partial charge in [-0.25, -0.2) is 0 Å². The van der Waals surface area contributed by atoms with Gasteiger partial charge in [0.15, 0.2) is 0 Å². The lowest BCUT2D eigenvalue weighted by Crippen LogP contribution is -2.24. The number of rotatable bonds is 3. The Bertz CT molecular complexity index is 182. The van der Waals surface area contributed by atoms with E-state index >= 15 is 0 Å². The number of hydrogen-bond donors (Lipinski definition) is 1. The van der Waals surface area contributed by atoms with Crippen molar-refractivity contribution in [2.75, 3.05) is 6.54 Å². The fourth-order valence-electron chi connectivity index (χ4n) is 2.56. The van der Waals surface area contributed by atoms with Gasteiger partial charge in [0, 0.05) is 6.04 Å². The van der Waals surface area contributed by atoms with Gasteiger partial charge >= 0.3 is 0 Å². The summed E-state index contributed by atoms with van der Waals surface area (Å²) >= 11 is 0. The van der Waals surface area contributed by atoms with Gasteiger partial charge in [0.25, 0.3) is 0 Å². The van der Waals surface area contributed by atoms with E-state index in [1.54, 1.807) is 0 Å². The molecule has 2 saturated carbocycles. The molecule has 0 aromatic heterocycles. The van der Waals surface area contributed by atoms with Crippen molar-refractivity contribution in [3.8, 4) is 0 Å². The van der Waals surface area contributed by atoms with E-state index < -0.39 is 0 Å². The normalized spacial score (nSPS) is 32.6. The van der Waals surface area contributed by atoms with Crippen LogP contribution in [0.3, 0.4) is 0 Å². The van der Waals surface area contributed by atoms with Crippen molar-refractivity contribution in [1.82, 2.24) is 5.32 Å². The van der Waals surface area contributed by atoms with Crippen LogP contribution in [0.25, 0.3) is 0 Å². The molecule has 82 valence electrons. The Labute approximate surface area is 88.7 Å². The fraction of sp³-hybridized carbons (Fsp3) is 1.00. The van der Waals surface area contributed by atoms with E-state index in [4.69, 9.17) is 0 Å². The summed E-state index contributed by atoms with van der Waals surface area (Å²) < 4.78 is 0. The molecule has 0 aromatic carbocycles. The molecular weight excluding hydrogens is 170 g/mol. The van der Waals surface area contributed by atoms with Gasteiger partial charge in [0.2, 0.25) is 0 Å². The van der Waals surface area contributed by atoms with Gasteiger partial charge in [-0.05, 0) is 56.4 Å². The largest absolute Gasteiger partial charge is 0.314 e. The minimum atomic E-state index is 0.619. The van der Waals surface area contributed by atoms with Crippen LogP contribution in [0.1, 0.15) is 58.8 Å². The summed E-state index contributed by atoms with van der Waals surface area (Å²) in [6, 6.07) is 0.895. The molecular formula is C13H25N. The Morgan fingerprint density at radius 3 is 2.57 bits per heavy atom. The maximum absolute atomic E-state index is 3.68. The smallest absolute Gasteiger partial charge is 0.00683 e. The van der Waals surface area contributed by atoms with E-state index in [9.17, 15) is 0 Å². The Morgan fingerprint density at radius 2 is 1.86 bits per heavy atom. The van der Waals surface area contributed by atoms with Gasteiger partial charge < -0.3 is 5.32 Å². The summed E-state index contributed by atoms with van der Waals surface area (Å²) in [5.41, 5.74) is 0.619. The highest BCUT2D eigenvalue weighted by molar-refractivity contribution is 4.83. The molecule has 0 saturated heterocycles. The molecule has 2 fully saturated rings. The second kappa shape index (κ2) is 4.22. The van der Waals surface area contributed by atoms with Crippen LogP contribution in [0.4, 0.5) is 0 Å². The van der Waals surface area contributed by atoms with Crippen molar-refractivity contribution in [2.24, 2.45) is 11.3 Å². The Kier molecular flexibility index (Phi) is 3.16. The zero-order valence-corrected chi connectivity index (χ0v) is 9.81. The van der Waals surface area contributed by atoms with E-state index in [1.165, 1.54) is 51.5 Å².